The number of benzene rings is 2. The van der Waals surface area contributed by atoms with Gasteiger partial charge in [-0.3, -0.25) is 9.59 Å². The van der Waals surface area contributed by atoms with E-state index >= 15 is 0 Å². The number of rotatable bonds is 5. The number of carboxylic acid groups (broad SMARTS) is 1. The van der Waals surface area contributed by atoms with Crippen LogP contribution in [0.15, 0.2) is 48.5 Å². The van der Waals surface area contributed by atoms with E-state index < -0.39 is 11.8 Å². The van der Waals surface area contributed by atoms with E-state index in [1.807, 2.05) is 0 Å². The fraction of sp³-hybridized carbons (Fsp3) is 0.286. The van der Waals surface area contributed by atoms with Crippen molar-refractivity contribution in [2.75, 3.05) is 13.1 Å². The highest BCUT2D eigenvalue weighted by Crippen LogP contribution is 2.16. The molecule has 0 unspecified atom stereocenters. The predicted molar refractivity (Wildman–Crippen MR) is 101 cm³/mol. The van der Waals surface area contributed by atoms with Gasteiger partial charge in [0.05, 0.1) is 17.5 Å². The molecule has 1 heterocycles. The first-order valence-electron chi connectivity index (χ1n) is 9.09. The third-order valence-electron chi connectivity index (χ3n) is 4.82. The van der Waals surface area contributed by atoms with E-state index in [0.717, 1.165) is 5.56 Å². The molecule has 7 heteroatoms. The largest absolute Gasteiger partial charge is 0.478 e. The summed E-state index contributed by atoms with van der Waals surface area (Å²) in [6.07, 6.45) is 1.36. The zero-order valence-electron chi connectivity index (χ0n) is 15.2. The Morgan fingerprint density at radius 1 is 1.04 bits per heavy atom. The Morgan fingerprint density at radius 2 is 1.68 bits per heavy atom. The van der Waals surface area contributed by atoms with E-state index in [4.69, 9.17) is 5.11 Å². The van der Waals surface area contributed by atoms with Crippen molar-refractivity contribution >= 4 is 17.8 Å². The first-order valence-corrected chi connectivity index (χ1v) is 9.09. The van der Waals surface area contributed by atoms with Crippen LogP contribution in [-0.2, 0) is 11.2 Å². The first kappa shape index (κ1) is 19.5. The van der Waals surface area contributed by atoms with Crippen LogP contribution in [0.4, 0.5) is 4.39 Å². The quantitative estimate of drug-likeness (QED) is 0.829. The summed E-state index contributed by atoms with van der Waals surface area (Å²) in [7, 11) is 0. The smallest absolute Gasteiger partial charge is 0.335 e. The van der Waals surface area contributed by atoms with E-state index in [9.17, 15) is 18.8 Å². The number of hydrogen-bond acceptors (Lipinski definition) is 3. The van der Waals surface area contributed by atoms with Crippen LogP contribution in [0, 0.1) is 5.82 Å². The number of amides is 2. The Hall–Kier alpha value is -3.22. The standard InChI is InChI=1S/C21H21FN2O4/c22-18-4-2-1-3-17(18)20(26)24-11-9-16(10-12-24)23-19(25)13-14-5-7-15(8-6-14)21(27)28/h1-8,16H,9-13H2,(H,23,25)(H,27,28). The molecule has 0 spiro atoms. The van der Waals surface area contributed by atoms with Crippen LogP contribution in [0.3, 0.4) is 0 Å². The van der Waals surface area contributed by atoms with Crippen LogP contribution in [0.5, 0.6) is 0 Å². The number of carbonyl (C=O) groups is 3. The molecule has 1 fully saturated rings. The molecule has 6 nitrogen and oxygen atoms in total. The van der Waals surface area contributed by atoms with E-state index in [0.29, 0.717) is 25.9 Å². The highest BCUT2D eigenvalue weighted by molar-refractivity contribution is 5.94. The number of carboxylic acids is 1. The lowest BCUT2D eigenvalue weighted by molar-refractivity contribution is -0.121. The van der Waals surface area contributed by atoms with Crippen molar-refractivity contribution in [3.8, 4) is 0 Å². The first-order chi connectivity index (χ1) is 13.4. The van der Waals surface area contributed by atoms with Gasteiger partial charge in [-0.05, 0) is 42.7 Å². The Labute approximate surface area is 162 Å². The van der Waals surface area contributed by atoms with Gasteiger partial charge in [0.15, 0.2) is 0 Å². The zero-order chi connectivity index (χ0) is 20.1. The van der Waals surface area contributed by atoms with Crippen molar-refractivity contribution in [3.63, 3.8) is 0 Å². The lowest BCUT2D eigenvalue weighted by atomic mass is 10.0. The number of halogens is 1. The van der Waals surface area contributed by atoms with Gasteiger partial charge in [0.2, 0.25) is 5.91 Å². The van der Waals surface area contributed by atoms with Gasteiger partial charge in [-0.2, -0.15) is 0 Å². The second-order valence-corrected chi connectivity index (χ2v) is 6.79. The normalized spacial score (nSPS) is 14.5. The fourth-order valence-corrected chi connectivity index (χ4v) is 3.26. The highest BCUT2D eigenvalue weighted by atomic mass is 19.1. The maximum atomic E-state index is 13.8. The molecule has 28 heavy (non-hydrogen) atoms. The Kier molecular flexibility index (Phi) is 6.03. The molecule has 146 valence electrons. The number of hydrogen-bond donors (Lipinski definition) is 2. The number of nitrogens with one attached hydrogen (secondary N) is 1. The molecular formula is C21H21FN2O4. The van der Waals surface area contributed by atoms with Crippen molar-refractivity contribution in [2.45, 2.75) is 25.3 Å². The maximum Gasteiger partial charge on any atom is 0.335 e. The van der Waals surface area contributed by atoms with Crippen LogP contribution in [0.2, 0.25) is 0 Å². The van der Waals surface area contributed by atoms with Crippen molar-refractivity contribution in [1.29, 1.82) is 0 Å². The molecule has 0 aromatic heterocycles. The van der Waals surface area contributed by atoms with E-state index in [2.05, 4.69) is 5.32 Å². The molecule has 0 aliphatic carbocycles. The summed E-state index contributed by atoms with van der Waals surface area (Å²) in [5.41, 5.74) is 0.973. The molecule has 1 saturated heterocycles. The molecule has 2 aromatic rings. The van der Waals surface area contributed by atoms with Gasteiger partial charge in [0.25, 0.3) is 5.91 Å². The molecule has 0 saturated carbocycles. The lowest BCUT2D eigenvalue weighted by Gasteiger charge is -2.32. The van der Waals surface area contributed by atoms with Gasteiger partial charge >= 0.3 is 5.97 Å². The molecule has 2 N–H and O–H groups in total. The Bertz CT molecular complexity index is 874. The topological polar surface area (TPSA) is 86.7 Å². The van der Waals surface area contributed by atoms with Gasteiger partial charge in [-0.1, -0.05) is 24.3 Å². The average Bonchev–Trinajstić information content (AvgIpc) is 2.69. The zero-order valence-corrected chi connectivity index (χ0v) is 15.2. The maximum absolute atomic E-state index is 13.8. The van der Waals surface area contributed by atoms with Crippen LogP contribution < -0.4 is 5.32 Å². The molecule has 2 aromatic carbocycles. The van der Waals surface area contributed by atoms with E-state index in [1.165, 1.54) is 24.3 Å². The minimum absolute atomic E-state index is 0.0459. The van der Waals surface area contributed by atoms with Crippen LogP contribution >= 0.6 is 0 Å². The average molecular weight is 384 g/mol. The van der Waals surface area contributed by atoms with Gasteiger partial charge in [-0.25, -0.2) is 9.18 Å². The summed E-state index contributed by atoms with van der Waals surface area (Å²) >= 11 is 0. The van der Waals surface area contributed by atoms with Crippen LogP contribution in [0.25, 0.3) is 0 Å². The van der Waals surface area contributed by atoms with Crippen molar-refractivity contribution in [1.82, 2.24) is 10.2 Å². The van der Waals surface area contributed by atoms with Crippen LogP contribution in [-0.4, -0.2) is 46.9 Å². The minimum Gasteiger partial charge on any atom is -0.478 e. The summed E-state index contributed by atoms with van der Waals surface area (Å²) in [5.74, 6) is -2.02. The molecule has 0 bridgehead atoms. The van der Waals surface area contributed by atoms with Gasteiger partial charge in [0.1, 0.15) is 5.82 Å². The summed E-state index contributed by atoms with van der Waals surface area (Å²) < 4.78 is 13.8. The van der Waals surface area contributed by atoms with Gasteiger partial charge in [-0.15, -0.1) is 0 Å². The van der Waals surface area contributed by atoms with E-state index in [1.54, 1.807) is 29.2 Å². The molecule has 1 aliphatic rings. The number of carbonyl (C=O) groups excluding carboxylic acids is 2. The third kappa shape index (κ3) is 4.73. The minimum atomic E-state index is -1.01. The molecule has 1 aliphatic heterocycles. The summed E-state index contributed by atoms with van der Waals surface area (Å²) in [4.78, 5) is 37.1. The number of piperidine rings is 1. The third-order valence-corrected chi connectivity index (χ3v) is 4.82. The predicted octanol–water partition coefficient (Wildman–Crippen LogP) is 2.49. The molecular weight excluding hydrogens is 363 g/mol. The molecule has 2 amide bonds. The second-order valence-electron chi connectivity index (χ2n) is 6.79. The number of nitrogens with zero attached hydrogens (tertiary/aromatic N) is 1. The highest BCUT2D eigenvalue weighted by Gasteiger charge is 2.25. The van der Waals surface area contributed by atoms with Gasteiger partial charge < -0.3 is 15.3 Å². The second kappa shape index (κ2) is 8.65. The molecule has 3 rings (SSSR count). The monoisotopic (exact) mass is 384 g/mol. The summed E-state index contributed by atoms with van der Waals surface area (Å²) in [6, 6.07) is 12.1. The summed E-state index contributed by atoms with van der Waals surface area (Å²) in [6.45, 7) is 0.900. The fourth-order valence-electron chi connectivity index (χ4n) is 3.26. The van der Waals surface area contributed by atoms with E-state index in [-0.39, 0.29) is 35.4 Å². The molecule has 0 radical (unpaired) electrons. The van der Waals surface area contributed by atoms with Crippen molar-refractivity contribution in [3.05, 3.63) is 71.0 Å². The lowest BCUT2D eigenvalue weighted by Crippen LogP contribution is -2.47. The Morgan fingerprint density at radius 3 is 2.29 bits per heavy atom. The molecule has 0 atom stereocenters. The SMILES string of the molecule is O=C(Cc1ccc(C(=O)O)cc1)NC1CCN(C(=O)c2ccccc2F)CC1. The summed E-state index contributed by atoms with van der Waals surface area (Å²) in [5, 5.41) is 11.8. The Balaban J connectivity index is 1.48. The van der Waals surface area contributed by atoms with Crippen molar-refractivity contribution < 1.29 is 23.9 Å². The van der Waals surface area contributed by atoms with Crippen LogP contribution in [0.1, 0.15) is 39.1 Å². The number of aromatic carboxylic acids is 1. The number of likely N-dealkylation sites (tertiary alicyclic amines) is 1. The van der Waals surface area contributed by atoms with Crippen molar-refractivity contribution in [2.24, 2.45) is 0 Å². The van der Waals surface area contributed by atoms with Gasteiger partial charge in [0, 0.05) is 19.1 Å².